The molecule has 1 atom stereocenters. The van der Waals surface area contributed by atoms with E-state index >= 15 is 0 Å². The molecule has 0 saturated carbocycles. The van der Waals surface area contributed by atoms with Crippen molar-refractivity contribution < 1.29 is 9.90 Å². The summed E-state index contributed by atoms with van der Waals surface area (Å²) in [6.07, 6.45) is 0. The quantitative estimate of drug-likeness (QED) is 0.771. The first-order chi connectivity index (χ1) is 3.85. The molecule has 0 rings (SSSR count). The topological polar surface area (TPSA) is 37.3 Å². The predicted molar refractivity (Wildman–Crippen MR) is 43.4 cm³/mol. The van der Waals surface area contributed by atoms with E-state index in [0.29, 0.717) is 0 Å². The van der Waals surface area contributed by atoms with Crippen LogP contribution in [0.5, 0.6) is 0 Å². The van der Waals surface area contributed by atoms with Crippen LogP contribution < -0.4 is 0 Å². The Morgan fingerprint density at radius 2 is 2.00 bits per heavy atom. The van der Waals surface area contributed by atoms with Gasteiger partial charge in [-0.2, -0.15) is 0 Å². The van der Waals surface area contributed by atoms with Crippen LogP contribution in [0.4, 0.5) is 0 Å². The molecule has 0 amide bonds. The van der Waals surface area contributed by atoms with Crippen LogP contribution >= 0.6 is 31.9 Å². The minimum atomic E-state index is -0.850. The number of aliphatic carboxylic acids is 1. The van der Waals surface area contributed by atoms with Crippen molar-refractivity contribution in [2.45, 2.75) is 23.0 Å². The smallest absolute Gasteiger partial charge is 0.318 e. The Hall–Kier alpha value is 0.430. The first-order valence-corrected chi connectivity index (χ1v) is 4.12. The highest BCUT2D eigenvalue weighted by atomic mass is 79.9. The molecule has 0 fully saturated rings. The van der Waals surface area contributed by atoms with Crippen molar-refractivity contribution in [1.82, 2.24) is 0 Å². The van der Waals surface area contributed by atoms with Gasteiger partial charge in [-0.15, -0.1) is 0 Å². The number of halogens is 2. The molecule has 0 aromatic heterocycles. The Bertz CT molecular complexity index is 117. The molecule has 9 heavy (non-hydrogen) atoms. The number of hydrogen-bond donors (Lipinski definition) is 1. The number of carboxylic acids is 1. The summed E-state index contributed by atoms with van der Waals surface area (Å²) in [7, 11) is 0. The minimum Gasteiger partial charge on any atom is -0.480 e. The lowest BCUT2D eigenvalue weighted by molar-refractivity contribution is -0.136. The zero-order valence-electron chi connectivity index (χ0n) is 5.19. The molecule has 0 spiro atoms. The summed E-state index contributed by atoms with van der Waals surface area (Å²) < 4.78 is -0.390. The van der Waals surface area contributed by atoms with Gasteiger partial charge in [-0.1, -0.05) is 31.9 Å². The van der Waals surface area contributed by atoms with E-state index in [1.165, 1.54) is 0 Å². The second-order valence-electron chi connectivity index (χ2n) is 2.27. The summed E-state index contributed by atoms with van der Waals surface area (Å²) >= 11 is 6.23. The fraction of sp³-hybridized carbons (Fsp3) is 0.800. The van der Waals surface area contributed by atoms with Gasteiger partial charge in [0.25, 0.3) is 0 Å². The predicted octanol–water partition coefficient (Wildman–Crippen LogP) is 2.01. The SMILES string of the molecule is CC(C)(Br)[C@@H](Br)C(=O)O. The van der Waals surface area contributed by atoms with Gasteiger partial charge in [-0.25, -0.2) is 0 Å². The molecule has 0 radical (unpaired) electrons. The highest BCUT2D eigenvalue weighted by Gasteiger charge is 2.29. The van der Waals surface area contributed by atoms with Crippen molar-refractivity contribution in [2.75, 3.05) is 0 Å². The first-order valence-electron chi connectivity index (χ1n) is 2.41. The Balaban J connectivity index is 4.04. The van der Waals surface area contributed by atoms with E-state index in [2.05, 4.69) is 31.9 Å². The molecule has 1 N–H and O–H groups in total. The molecule has 0 bridgehead atoms. The maximum Gasteiger partial charge on any atom is 0.318 e. The van der Waals surface area contributed by atoms with Gasteiger partial charge in [0.2, 0.25) is 0 Å². The van der Waals surface area contributed by atoms with Crippen LogP contribution in [0.2, 0.25) is 0 Å². The van der Waals surface area contributed by atoms with E-state index in [4.69, 9.17) is 5.11 Å². The van der Waals surface area contributed by atoms with E-state index < -0.39 is 15.1 Å². The summed E-state index contributed by atoms with van der Waals surface area (Å²) in [4.78, 5) is 9.73. The molecule has 0 heterocycles. The van der Waals surface area contributed by atoms with Gasteiger partial charge in [0.1, 0.15) is 4.83 Å². The van der Waals surface area contributed by atoms with Gasteiger partial charge in [-0.3, -0.25) is 4.79 Å². The van der Waals surface area contributed by atoms with Gasteiger partial charge >= 0.3 is 5.97 Å². The standard InChI is InChI=1S/C5H8Br2O2/c1-5(2,7)3(6)4(8)9/h3H,1-2H3,(H,8,9)/t3-/m0/s1. The van der Waals surface area contributed by atoms with Gasteiger partial charge in [-0.05, 0) is 13.8 Å². The van der Waals surface area contributed by atoms with Crippen LogP contribution in [0.15, 0.2) is 0 Å². The monoisotopic (exact) mass is 258 g/mol. The van der Waals surface area contributed by atoms with Gasteiger partial charge in [0.05, 0.1) is 0 Å². The summed E-state index contributed by atoms with van der Waals surface area (Å²) in [5.41, 5.74) is 0. The molecule has 54 valence electrons. The maximum absolute atomic E-state index is 10.3. The van der Waals surface area contributed by atoms with Gasteiger partial charge < -0.3 is 5.11 Å². The van der Waals surface area contributed by atoms with Crippen LogP contribution in [0.25, 0.3) is 0 Å². The van der Waals surface area contributed by atoms with Crippen LogP contribution in [-0.2, 0) is 4.79 Å². The normalized spacial score (nSPS) is 15.1. The van der Waals surface area contributed by atoms with Crippen molar-refractivity contribution in [3.05, 3.63) is 0 Å². The van der Waals surface area contributed by atoms with Crippen molar-refractivity contribution >= 4 is 37.8 Å². The number of carbonyl (C=O) groups is 1. The molecule has 4 heteroatoms. The molecule has 2 nitrogen and oxygen atoms in total. The second-order valence-corrected chi connectivity index (χ2v) is 5.22. The second kappa shape index (κ2) is 3.01. The average Bonchev–Trinajstić information content (AvgIpc) is 1.62. The van der Waals surface area contributed by atoms with E-state index in [-0.39, 0.29) is 0 Å². The Labute approximate surface area is 70.9 Å². The van der Waals surface area contributed by atoms with Crippen molar-refractivity contribution in [1.29, 1.82) is 0 Å². The highest BCUT2D eigenvalue weighted by Crippen LogP contribution is 2.26. The summed E-state index contributed by atoms with van der Waals surface area (Å²) in [5.74, 6) is -0.850. The summed E-state index contributed by atoms with van der Waals surface area (Å²) in [6.45, 7) is 3.58. The Kier molecular flexibility index (Phi) is 3.16. The van der Waals surface area contributed by atoms with E-state index in [1.54, 1.807) is 13.8 Å². The Morgan fingerprint density at radius 3 is 2.00 bits per heavy atom. The van der Waals surface area contributed by atoms with Gasteiger partial charge in [0.15, 0.2) is 0 Å². The van der Waals surface area contributed by atoms with E-state index in [0.717, 1.165) is 0 Å². The molecule has 0 aromatic rings. The van der Waals surface area contributed by atoms with E-state index in [9.17, 15) is 4.79 Å². The van der Waals surface area contributed by atoms with Crippen molar-refractivity contribution in [3.63, 3.8) is 0 Å². The summed E-state index contributed by atoms with van der Waals surface area (Å²) in [5, 5.41) is 8.44. The lowest BCUT2D eigenvalue weighted by Gasteiger charge is -2.18. The molecular formula is C5H8Br2O2. The lowest BCUT2D eigenvalue weighted by Crippen LogP contribution is -2.31. The number of carboxylic acid groups (broad SMARTS) is 1. The fourth-order valence-corrected chi connectivity index (χ4v) is 0.489. The highest BCUT2D eigenvalue weighted by molar-refractivity contribution is 9.12. The Morgan fingerprint density at radius 1 is 1.67 bits per heavy atom. The number of rotatable bonds is 2. The number of hydrogen-bond acceptors (Lipinski definition) is 1. The van der Waals surface area contributed by atoms with Gasteiger partial charge in [0, 0.05) is 4.32 Å². The average molecular weight is 260 g/mol. The van der Waals surface area contributed by atoms with Crippen LogP contribution in [0.1, 0.15) is 13.8 Å². The molecular weight excluding hydrogens is 252 g/mol. The molecule has 0 aromatic carbocycles. The molecule has 0 aliphatic rings. The van der Waals surface area contributed by atoms with Crippen LogP contribution in [0, 0.1) is 0 Å². The number of alkyl halides is 2. The van der Waals surface area contributed by atoms with Crippen molar-refractivity contribution in [2.24, 2.45) is 0 Å². The van der Waals surface area contributed by atoms with Crippen LogP contribution in [0.3, 0.4) is 0 Å². The lowest BCUT2D eigenvalue weighted by atomic mass is 10.1. The minimum absolute atomic E-state index is 0.390. The third-order valence-electron chi connectivity index (χ3n) is 0.820. The van der Waals surface area contributed by atoms with Crippen molar-refractivity contribution in [3.8, 4) is 0 Å². The fourth-order valence-electron chi connectivity index (χ4n) is 0.294. The zero-order valence-corrected chi connectivity index (χ0v) is 8.36. The third-order valence-corrected chi connectivity index (χ3v) is 3.43. The largest absolute Gasteiger partial charge is 0.480 e. The van der Waals surface area contributed by atoms with E-state index in [1.807, 2.05) is 0 Å². The molecule has 0 saturated heterocycles. The summed E-state index contributed by atoms with van der Waals surface area (Å²) in [6, 6.07) is 0. The third kappa shape index (κ3) is 3.20. The molecule has 0 aliphatic heterocycles. The maximum atomic E-state index is 10.3. The zero-order chi connectivity index (χ0) is 7.65. The first kappa shape index (κ1) is 9.43. The van der Waals surface area contributed by atoms with Crippen LogP contribution in [-0.4, -0.2) is 20.2 Å². The molecule has 0 unspecified atom stereocenters. The molecule has 0 aliphatic carbocycles.